The predicted octanol–water partition coefficient (Wildman–Crippen LogP) is -0.0444. The maximum Gasteiger partial charge on any atom is 0.352 e. The fourth-order valence-corrected chi connectivity index (χ4v) is 4.39. The summed E-state index contributed by atoms with van der Waals surface area (Å²) in [5.41, 5.74) is 0.531. The van der Waals surface area contributed by atoms with Gasteiger partial charge in [0.2, 0.25) is 5.91 Å². The quantitative estimate of drug-likeness (QED) is 0.283. The lowest BCUT2D eigenvalue weighted by molar-refractivity contribution is -0.163. The predicted molar refractivity (Wildman–Crippen MR) is 109 cm³/mol. The highest BCUT2D eigenvalue weighted by Crippen LogP contribution is 2.47. The molecule has 2 amide bonds. The van der Waals surface area contributed by atoms with Gasteiger partial charge < -0.3 is 35.5 Å². The van der Waals surface area contributed by atoms with Crippen LogP contribution in [0.3, 0.4) is 0 Å². The van der Waals surface area contributed by atoms with Crippen LogP contribution in [-0.4, -0.2) is 86.8 Å². The van der Waals surface area contributed by atoms with Gasteiger partial charge >= 0.3 is 5.97 Å². The molecule has 0 aliphatic carbocycles. The first-order chi connectivity index (χ1) is 14.6. The van der Waals surface area contributed by atoms with Gasteiger partial charge in [0, 0.05) is 25.6 Å². The highest BCUT2D eigenvalue weighted by molar-refractivity contribution is 6.00. The molecular formula is C21H27N3O7. The number of para-hydroxylation sites is 1. The summed E-state index contributed by atoms with van der Waals surface area (Å²) in [5.74, 6) is -3.81. The number of benzene rings is 1. The minimum absolute atomic E-state index is 0.0278. The van der Waals surface area contributed by atoms with Gasteiger partial charge in [-0.2, -0.15) is 0 Å². The van der Waals surface area contributed by atoms with Crippen LogP contribution in [0.1, 0.15) is 24.2 Å². The zero-order chi connectivity index (χ0) is 23.0. The van der Waals surface area contributed by atoms with E-state index in [1.165, 1.54) is 30.0 Å². The number of nitrogens with one attached hydrogen (secondary N) is 1. The van der Waals surface area contributed by atoms with E-state index in [0.717, 1.165) is 0 Å². The first kappa shape index (κ1) is 22.6. The molecule has 2 aliphatic rings. The summed E-state index contributed by atoms with van der Waals surface area (Å²) < 4.78 is 0. The van der Waals surface area contributed by atoms with Crippen molar-refractivity contribution in [3.05, 3.63) is 35.0 Å². The molecule has 4 atom stereocenters. The van der Waals surface area contributed by atoms with Crippen molar-refractivity contribution in [3.63, 3.8) is 0 Å². The second-order valence-electron chi connectivity index (χ2n) is 8.10. The van der Waals surface area contributed by atoms with E-state index < -0.39 is 29.6 Å². The Morgan fingerprint density at radius 3 is 2.58 bits per heavy atom. The van der Waals surface area contributed by atoms with Gasteiger partial charge in [0.05, 0.1) is 23.6 Å². The number of carboxylic acid groups (broad SMARTS) is 1. The monoisotopic (exact) mass is 433 g/mol. The highest BCUT2D eigenvalue weighted by Gasteiger charge is 2.59. The Balaban J connectivity index is 1.63. The smallest absolute Gasteiger partial charge is 0.352 e. The molecule has 31 heavy (non-hydrogen) atoms. The largest absolute Gasteiger partial charge is 0.504 e. The van der Waals surface area contributed by atoms with E-state index in [1.807, 2.05) is 11.8 Å². The van der Waals surface area contributed by atoms with E-state index in [1.54, 1.807) is 7.05 Å². The lowest BCUT2D eigenvalue weighted by atomic mass is 9.77. The van der Waals surface area contributed by atoms with Crippen molar-refractivity contribution in [2.24, 2.45) is 11.8 Å². The molecule has 1 fully saturated rings. The molecule has 2 aliphatic heterocycles. The molecule has 168 valence electrons. The van der Waals surface area contributed by atoms with Crippen LogP contribution in [-0.2, 0) is 9.59 Å². The number of aliphatic hydroxyl groups is 1. The summed E-state index contributed by atoms with van der Waals surface area (Å²) in [7, 11) is 1.76. The molecule has 0 spiro atoms. The number of phenolic OH excluding ortho intramolecular Hbond substituents is 2. The van der Waals surface area contributed by atoms with Gasteiger partial charge in [-0.25, -0.2) is 4.79 Å². The number of rotatable bonds is 8. The fraction of sp³-hybridized carbons (Fsp3) is 0.476. The van der Waals surface area contributed by atoms with Crippen LogP contribution in [0.4, 0.5) is 0 Å². The molecule has 0 radical (unpaired) electrons. The van der Waals surface area contributed by atoms with Crippen LogP contribution >= 0.6 is 0 Å². The number of hydrogen-bond donors (Lipinski definition) is 5. The van der Waals surface area contributed by atoms with Crippen molar-refractivity contribution in [2.45, 2.75) is 26.0 Å². The van der Waals surface area contributed by atoms with Gasteiger partial charge in [0.25, 0.3) is 5.91 Å². The van der Waals surface area contributed by atoms with Crippen LogP contribution in [0, 0.1) is 11.8 Å². The van der Waals surface area contributed by atoms with Crippen molar-refractivity contribution in [1.29, 1.82) is 0 Å². The molecular weight excluding hydrogens is 406 g/mol. The number of amides is 2. The van der Waals surface area contributed by atoms with Gasteiger partial charge in [-0.05, 0) is 31.7 Å². The SMILES string of the molecule is C[C@@H](O)[C@H]1C(=O)N2C(C(=O)O)=C(CN(C)CCNC(=O)c3cccc(O)c3O)[C@H](C)[C@H]12. The number of aromatic hydroxyl groups is 2. The maximum atomic E-state index is 12.4. The van der Waals surface area contributed by atoms with E-state index in [4.69, 9.17) is 0 Å². The normalized spacial score (nSPS) is 23.6. The number of carboxylic acids is 1. The zero-order valence-electron chi connectivity index (χ0n) is 17.6. The molecule has 0 unspecified atom stereocenters. The number of carbonyl (C=O) groups is 3. The number of aliphatic hydroxyl groups excluding tert-OH is 1. The van der Waals surface area contributed by atoms with Crippen LogP contribution in [0.5, 0.6) is 11.5 Å². The number of phenols is 2. The first-order valence-corrected chi connectivity index (χ1v) is 10.0. The van der Waals surface area contributed by atoms with E-state index >= 15 is 0 Å². The Morgan fingerprint density at radius 1 is 1.29 bits per heavy atom. The molecule has 1 saturated heterocycles. The molecule has 5 N–H and O–H groups in total. The summed E-state index contributed by atoms with van der Waals surface area (Å²) in [4.78, 5) is 39.5. The first-order valence-electron chi connectivity index (χ1n) is 10.0. The van der Waals surface area contributed by atoms with Crippen molar-refractivity contribution < 1.29 is 34.8 Å². The minimum atomic E-state index is -1.18. The Morgan fingerprint density at radius 2 is 1.97 bits per heavy atom. The van der Waals surface area contributed by atoms with Crippen molar-refractivity contribution in [2.75, 3.05) is 26.7 Å². The summed E-state index contributed by atoms with van der Waals surface area (Å²) in [6.45, 7) is 4.27. The summed E-state index contributed by atoms with van der Waals surface area (Å²) in [6.07, 6.45) is -0.854. The van der Waals surface area contributed by atoms with Crippen molar-refractivity contribution in [3.8, 4) is 11.5 Å². The molecule has 2 heterocycles. The molecule has 10 nitrogen and oxygen atoms in total. The number of nitrogens with zero attached hydrogens (tertiary/aromatic N) is 2. The minimum Gasteiger partial charge on any atom is -0.504 e. The Labute approximate surface area is 179 Å². The van der Waals surface area contributed by atoms with E-state index in [-0.39, 0.29) is 48.0 Å². The number of aliphatic carboxylic acids is 1. The molecule has 1 aromatic rings. The summed E-state index contributed by atoms with van der Waals surface area (Å²) >= 11 is 0. The molecule has 3 rings (SSSR count). The average molecular weight is 433 g/mol. The second-order valence-corrected chi connectivity index (χ2v) is 8.10. The number of β-lactam (4-membered cyclic amide) rings is 1. The fourth-order valence-electron chi connectivity index (χ4n) is 4.39. The van der Waals surface area contributed by atoms with Crippen LogP contribution in [0.2, 0.25) is 0 Å². The van der Waals surface area contributed by atoms with E-state index in [9.17, 15) is 34.8 Å². The third-order valence-electron chi connectivity index (χ3n) is 6.00. The third kappa shape index (κ3) is 3.96. The second kappa shape index (κ2) is 8.56. The lowest BCUT2D eigenvalue weighted by Crippen LogP contribution is -2.63. The molecule has 0 bridgehead atoms. The molecule has 0 aromatic heterocycles. The van der Waals surface area contributed by atoms with Crippen LogP contribution in [0.15, 0.2) is 29.5 Å². The molecule has 1 aromatic carbocycles. The third-order valence-corrected chi connectivity index (χ3v) is 6.00. The Hall–Kier alpha value is -3.11. The Kier molecular flexibility index (Phi) is 6.23. The number of fused-ring (bicyclic) bond motifs is 1. The van der Waals surface area contributed by atoms with E-state index in [0.29, 0.717) is 12.1 Å². The van der Waals surface area contributed by atoms with Gasteiger partial charge in [-0.15, -0.1) is 0 Å². The summed E-state index contributed by atoms with van der Waals surface area (Å²) in [6, 6.07) is 3.74. The van der Waals surface area contributed by atoms with Crippen LogP contribution < -0.4 is 5.32 Å². The van der Waals surface area contributed by atoms with E-state index in [2.05, 4.69) is 5.32 Å². The summed E-state index contributed by atoms with van der Waals surface area (Å²) in [5, 5.41) is 41.5. The zero-order valence-corrected chi connectivity index (χ0v) is 17.6. The van der Waals surface area contributed by atoms with Crippen molar-refractivity contribution in [1.82, 2.24) is 15.1 Å². The van der Waals surface area contributed by atoms with Crippen LogP contribution in [0.25, 0.3) is 0 Å². The average Bonchev–Trinajstić information content (AvgIpc) is 2.92. The van der Waals surface area contributed by atoms with Gasteiger partial charge in [0.1, 0.15) is 5.70 Å². The van der Waals surface area contributed by atoms with Gasteiger partial charge in [-0.1, -0.05) is 13.0 Å². The molecule has 0 saturated carbocycles. The lowest BCUT2D eigenvalue weighted by Gasteiger charge is -2.46. The van der Waals surface area contributed by atoms with Gasteiger partial charge in [-0.3, -0.25) is 9.59 Å². The molecule has 10 heteroatoms. The maximum absolute atomic E-state index is 12.4. The Bertz CT molecular complexity index is 943. The topological polar surface area (TPSA) is 151 Å². The standard InChI is InChI=1S/C21H27N3O7/c1-10-13(17(21(30)31)24-16(10)15(11(2)25)20(24)29)9-23(3)8-7-22-19(28)12-5-4-6-14(26)18(12)27/h4-6,10-11,15-16,25-27H,7-9H2,1-3H3,(H,22,28)(H,30,31)/t10-,11+,15+,16+/m0/s1. The number of carbonyl (C=O) groups excluding carboxylic acids is 2. The van der Waals surface area contributed by atoms with Gasteiger partial charge in [0.15, 0.2) is 11.5 Å². The van der Waals surface area contributed by atoms with Crippen molar-refractivity contribution >= 4 is 17.8 Å². The number of hydrogen-bond acceptors (Lipinski definition) is 7. The number of likely N-dealkylation sites (N-methyl/N-ethyl adjacent to an activating group) is 1. The highest BCUT2D eigenvalue weighted by atomic mass is 16.4.